The van der Waals surface area contributed by atoms with Crippen LogP contribution < -0.4 is 16.4 Å². The van der Waals surface area contributed by atoms with E-state index in [1.807, 2.05) is 0 Å². The van der Waals surface area contributed by atoms with Crippen molar-refractivity contribution in [2.45, 2.75) is 142 Å². The molecule has 5 nitrogen and oxygen atoms in total. The molecule has 10 atom stereocenters. The first-order chi connectivity index (χ1) is 18.6. The van der Waals surface area contributed by atoms with E-state index < -0.39 is 5.60 Å². The van der Waals surface area contributed by atoms with E-state index in [4.69, 9.17) is 5.73 Å². The monoisotopic (exact) mass is 548 g/mol. The molecule has 0 spiro atoms. The molecular weight excluding hydrogens is 482 g/mol. The first-order valence-corrected chi connectivity index (χ1v) is 17.1. The molecule has 0 radical (unpaired) electrons. The molecule has 0 bridgehead atoms. The number of hydrogen-bond acceptors (Lipinski definition) is 5. The maximum absolute atomic E-state index is 12.5. The van der Waals surface area contributed by atoms with E-state index in [9.17, 15) is 10.2 Å². The Morgan fingerprint density at radius 1 is 0.872 bits per heavy atom. The third kappa shape index (κ3) is 6.43. The van der Waals surface area contributed by atoms with Crippen LogP contribution in [0.15, 0.2) is 0 Å². The van der Waals surface area contributed by atoms with Gasteiger partial charge >= 0.3 is 0 Å². The molecule has 1 unspecified atom stereocenters. The first kappa shape index (κ1) is 31.7. The minimum atomic E-state index is -0.804. The molecule has 4 aliphatic carbocycles. The van der Waals surface area contributed by atoms with Gasteiger partial charge in [-0.15, -0.1) is 0 Å². The number of aliphatic hydroxyl groups is 2. The van der Waals surface area contributed by atoms with Crippen LogP contribution in [0.1, 0.15) is 125 Å². The second kappa shape index (κ2) is 13.4. The zero-order chi connectivity index (χ0) is 28.3. The number of rotatable bonds is 14. The van der Waals surface area contributed by atoms with E-state index in [2.05, 4.69) is 45.3 Å². The van der Waals surface area contributed by atoms with Crippen LogP contribution >= 0.6 is 0 Å². The van der Waals surface area contributed by atoms with E-state index >= 15 is 0 Å². The van der Waals surface area contributed by atoms with E-state index in [1.54, 1.807) is 0 Å². The number of hydrogen-bond donors (Lipinski definition) is 5. The molecule has 39 heavy (non-hydrogen) atoms. The van der Waals surface area contributed by atoms with Gasteiger partial charge in [0.2, 0.25) is 0 Å². The van der Waals surface area contributed by atoms with Gasteiger partial charge in [-0.1, -0.05) is 53.9 Å². The van der Waals surface area contributed by atoms with Crippen molar-refractivity contribution >= 4 is 0 Å². The number of aliphatic hydroxyl groups excluding tert-OH is 1. The molecule has 4 saturated carbocycles. The van der Waals surface area contributed by atoms with E-state index in [0.717, 1.165) is 88.4 Å². The lowest BCUT2D eigenvalue weighted by Gasteiger charge is -2.66. The molecule has 4 aliphatic rings. The Morgan fingerprint density at radius 3 is 2.36 bits per heavy atom. The van der Waals surface area contributed by atoms with Crippen molar-refractivity contribution < 1.29 is 10.2 Å². The summed E-state index contributed by atoms with van der Waals surface area (Å²) in [4.78, 5) is 0. The molecular formula is C34H65N3O2. The van der Waals surface area contributed by atoms with Crippen molar-refractivity contribution in [3.63, 3.8) is 0 Å². The molecule has 0 aliphatic heterocycles. The molecule has 0 aromatic rings. The SMILES string of the molecule is CC(C)CCC[C@@H](C)[C@H]1CC[C@H]2C3C[C@@H](NCCCCNCCCN)[C@@]4(O)C[C@@H](O)CC[C@]4(C)[C@H]3CC[C@]12C. The lowest BCUT2D eigenvalue weighted by Crippen LogP contribution is -2.71. The van der Waals surface area contributed by atoms with Crippen LogP contribution in [0, 0.1) is 46.3 Å². The summed E-state index contributed by atoms with van der Waals surface area (Å²) in [6.07, 6.45) is 15.9. The second-order valence-electron chi connectivity index (χ2n) is 15.5. The highest BCUT2D eigenvalue weighted by Gasteiger charge is 2.67. The van der Waals surface area contributed by atoms with Crippen LogP contribution in [0.5, 0.6) is 0 Å². The van der Waals surface area contributed by atoms with Crippen LogP contribution in [0.2, 0.25) is 0 Å². The smallest absolute Gasteiger partial charge is 0.0880 e. The molecule has 228 valence electrons. The van der Waals surface area contributed by atoms with Crippen molar-refractivity contribution in [1.29, 1.82) is 0 Å². The molecule has 5 heteroatoms. The molecule has 0 heterocycles. The average molecular weight is 548 g/mol. The molecule has 0 aromatic heterocycles. The van der Waals surface area contributed by atoms with Crippen molar-refractivity contribution in [2.24, 2.45) is 52.1 Å². The second-order valence-corrected chi connectivity index (χ2v) is 15.5. The Morgan fingerprint density at radius 2 is 1.62 bits per heavy atom. The summed E-state index contributed by atoms with van der Waals surface area (Å²) in [5.74, 6) is 4.57. The van der Waals surface area contributed by atoms with Crippen LogP contribution in [0.4, 0.5) is 0 Å². The lowest BCUT2D eigenvalue weighted by molar-refractivity contribution is -0.234. The number of fused-ring (bicyclic) bond motifs is 5. The van der Waals surface area contributed by atoms with E-state index in [1.165, 1.54) is 44.9 Å². The molecule has 0 saturated heterocycles. The zero-order valence-electron chi connectivity index (χ0n) is 26.3. The Kier molecular flexibility index (Phi) is 10.9. The summed E-state index contributed by atoms with van der Waals surface area (Å²) in [6.45, 7) is 16.1. The van der Waals surface area contributed by atoms with Gasteiger partial charge < -0.3 is 26.6 Å². The Hall–Kier alpha value is -0.200. The predicted octanol–water partition coefficient (Wildman–Crippen LogP) is 5.87. The van der Waals surface area contributed by atoms with E-state index in [0.29, 0.717) is 23.7 Å². The largest absolute Gasteiger partial charge is 0.393 e. The van der Waals surface area contributed by atoms with Crippen LogP contribution in [0.3, 0.4) is 0 Å². The van der Waals surface area contributed by atoms with Gasteiger partial charge in [0.1, 0.15) is 0 Å². The standard InChI is InChI=1S/C34H65N3O2/c1-24(2)10-8-11-25(3)28-12-13-29-27-22-31(37-21-7-6-19-36-20-9-18-35)34(39)23-26(38)14-17-33(34,5)30(27)15-16-32(28,29)4/h24-31,36-39H,6-23,35H2,1-5H3/t25-,26+,27?,28-,29+,30+,31-,32-,33-,34+/m1/s1. The van der Waals surface area contributed by atoms with Crippen LogP contribution in [0.25, 0.3) is 0 Å². The highest BCUT2D eigenvalue weighted by Crippen LogP contribution is 2.69. The third-order valence-electron chi connectivity index (χ3n) is 12.8. The molecule has 4 fully saturated rings. The fraction of sp³-hybridized carbons (Fsp3) is 1.00. The lowest BCUT2D eigenvalue weighted by atomic mass is 9.42. The van der Waals surface area contributed by atoms with Crippen molar-refractivity contribution in [2.75, 3.05) is 26.2 Å². The molecule has 6 N–H and O–H groups in total. The van der Waals surface area contributed by atoms with Gasteiger partial charge in [0.15, 0.2) is 0 Å². The van der Waals surface area contributed by atoms with Crippen LogP contribution in [-0.4, -0.2) is 54.1 Å². The summed E-state index contributed by atoms with van der Waals surface area (Å²) >= 11 is 0. The molecule has 0 aromatic carbocycles. The fourth-order valence-corrected chi connectivity index (χ4v) is 10.6. The van der Waals surface area contributed by atoms with Gasteiger partial charge in [0.05, 0.1) is 11.7 Å². The highest BCUT2D eigenvalue weighted by molar-refractivity contribution is 5.18. The van der Waals surface area contributed by atoms with E-state index in [-0.39, 0.29) is 17.6 Å². The van der Waals surface area contributed by atoms with Gasteiger partial charge in [0, 0.05) is 17.9 Å². The maximum atomic E-state index is 12.5. The normalized spacial score (nSPS) is 42.7. The third-order valence-corrected chi connectivity index (χ3v) is 12.8. The summed E-state index contributed by atoms with van der Waals surface area (Å²) in [7, 11) is 0. The van der Waals surface area contributed by atoms with Crippen LogP contribution in [-0.2, 0) is 0 Å². The predicted molar refractivity (Wildman–Crippen MR) is 163 cm³/mol. The topological polar surface area (TPSA) is 90.5 Å². The van der Waals surface area contributed by atoms with Crippen molar-refractivity contribution in [3.05, 3.63) is 0 Å². The van der Waals surface area contributed by atoms with Gasteiger partial charge in [-0.05, 0) is 131 Å². The van der Waals surface area contributed by atoms with Gasteiger partial charge in [-0.3, -0.25) is 0 Å². The quantitative estimate of drug-likeness (QED) is 0.176. The number of unbranched alkanes of at least 4 members (excludes halogenated alkanes) is 1. The number of nitrogens with one attached hydrogen (secondary N) is 2. The Balaban J connectivity index is 1.45. The van der Waals surface area contributed by atoms with Gasteiger partial charge in [-0.25, -0.2) is 0 Å². The first-order valence-electron chi connectivity index (χ1n) is 17.1. The molecule has 4 rings (SSSR count). The minimum absolute atomic E-state index is 0.0914. The highest BCUT2D eigenvalue weighted by atomic mass is 16.3. The Bertz CT molecular complexity index is 763. The summed E-state index contributed by atoms with van der Waals surface area (Å²) in [5, 5.41) is 30.6. The fourth-order valence-electron chi connectivity index (χ4n) is 10.6. The summed E-state index contributed by atoms with van der Waals surface area (Å²) in [6, 6.07) is 0.0914. The Labute approximate surface area is 241 Å². The summed E-state index contributed by atoms with van der Waals surface area (Å²) in [5.41, 5.74) is 5.16. The average Bonchev–Trinajstić information content (AvgIpc) is 3.24. The number of nitrogens with two attached hydrogens (primary N) is 1. The molecule has 0 amide bonds. The van der Waals surface area contributed by atoms with Crippen molar-refractivity contribution in [1.82, 2.24) is 10.6 Å². The van der Waals surface area contributed by atoms with Crippen molar-refractivity contribution in [3.8, 4) is 0 Å². The van der Waals surface area contributed by atoms with Gasteiger partial charge in [0.25, 0.3) is 0 Å². The van der Waals surface area contributed by atoms with Gasteiger partial charge in [-0.2, -0.15) is 0 Å². The maximum Gasteiger partial charge on any atom is 0.0880 e. The minimum Gasteiger partial charge on any atom is -0.393 e. The summed E-state index contributed by atoms with van der Waals surface area (Å²) < 4.78 is 0. The zero-order valence-corrected chi connectivity index (χ0v) is 26.3.